The van der Waals surface area contributed by atoms with Gasteiger partial charge in [-0.3, -0.25) is 4.79 Å². The average molecular weight is 416 g/mol. The SMILES string of the molecule is CCN(C(=O)Cn1c(/C=C/c2ccc(Cl)cc2)nc2ccccc21)c1ccccc1. The largest absolute Gasteiger partial charge is 0.315 e. The van der Waals surface area contributed by atoms with Crippen molar-refractivity contribution in [1.82, 2.24) is 9.55 Å². The van der Waals surface area contributed by atoms with Gasteiger partial charge in [0.15, 0.2) is 0 Å². The molecule has 150 valence electrons. The molecule has 5 heteroatoms. The number of nitrogens with zero attached hydrogens (tertiary/aromatic N) is 3. The molecular formula is C25H22ClN3O. The van der Waals surface area contributed by atoms with E-state index in [1.807, 2.05) is 103 Å². The van der Waals surface area contributed by atoms with Gasteiger partial charge in [0.25, 0.3) is 0 Å². The molecule has 0 bridgehead atoms. The van der Waals surface area contributed by atoms with Gasteiger partial charge in [0.2, 0.25) is 5.91 Å². The zero-order chi connectivity index (χ0) is 20.9. The van der Waals surface area contributed by atoms with E-state index in [2.05, 4.69) is 0 Å². The summed E-state index contributed by atoms with van der Waals surface area (Å²) in [7, 11) is 0. The molecule has 0 spiro atoms. The van der Waals surface area contributed by atoms with Crippen LogP contribution in [0.2, 0.25) is 5.02 Å². The van der Waals surface area contributed by atoms with Gasteiger partial charge in [-0.15, -0.1) is 0 Å². The molecule has 0 aliphatic carbocycles. The minimum Gasteiger partial charge on any atom is -0.315 e. The summed E-state index contributed by atoms with van der Waals surface area (Å²) < 4.78 is 1.97. The molecule has 4 nitrogen and oxygen atoms in total. The Hall–Kier alpha value is -3.37. The number of imidazole rings is 1. The Balaban J connectivity index is 1.68. The first kappa shape index (κ1) is 19.9. The molecule has 0 saturated heterocycles. The molecule has 30 heavy (non-hydrogen) atoms. The predicted molar refractivity (Wildman–Crippen MR) is 125 cm³/mol. The molecule has 1 heterocycles. The van der Waals surface area contributed by atoms with Gasteiger partial charge in [-0.05, 0) is 55.0 Å². The third kappa shape index (κ3) is 4.29. The zero-order valence-electron chi connectivity index (χ0n) is 16.7. The van der Waals surface area contributed by atoms with Gasteiger partial charge in [0.1, 0.15) is 12.4 Å². The molecule has 0 radical (unpaired) electrons. The molecule has 3 aromatic carbocycles. The molecule has 1 aromatic heterocycles. The summed E-state index contributed by atoms with van der Waals surface area (Å²) in [6.07, 6.45) is 3.92. The van der Waals surface area contributed by atoms with Gasteiger partial charge >= 0.3 is 0 Å². The number of anilines is 1. The Morgan fingerprint density at radius 1 is 0.967 bits per heavy atom. The van der Waals surface area contributed by atoms with E-state index in [0.717, 1.165) is 28.1 Å². The van der Waals surface area contributed by atoms with E-state index >= 15 is 0 Å². The molecule has 1 amide bonds. The molecule has 0 aliphatic rings. The monoisotopic (exact) mass is 415 g/mol. The van der Waals surface area contributed by atoms with E-state index < -0.39 is 0 Å². The molecule has 0 unspecified atom stereocenters. The molecule has 4 rings (SSSR count). The maximum atomic E-state index is 13.2. The second-order valence-corrected chi connectivity index (χ2v) is 7.34. The zero-order valence-corrected chi connectivity index (χ0v) is 17.5. The average Bonchev–Trinajstić information content (AvgIpc) is 3.12. The quantitative estimate of drug-likeness (QED) is 0.392. The van der Waals surface area contributed by atoms with Crippen molar-refractivity contribution in [1.29, 1.82) is 0 Å². The second kappa shape index (κ2) is 8.97. The number of amides is 1. The summed E-state index contributed by atoms with van der Waals surface area (Å²) in [6, 6.07) is 25.2. The van der Waals surface area contributed by atoms with Crippen molar-refractivity contribution in [3.63, 3.8) is 0 Å². The fourth-order valence-corrected chi connectivity index (χ4v) is 3.59. The Morgan fingerprint density at radius 3 is 2.40 bits per heavy atom. The highest BCUT2D eigenvalue weighted by Gasteiger charge is 2.17. The fourth-order valence-electron chi connectivity index (χ4n) is 3.46. The van der Waals surface area contributed by atoms with Crippen LogP contribution in [0.5, 0.6) is 0 Å². The summed E-state index contributed by atoms with van der Waals surface area (Å²) in [4.78, 5) is 19.7. The molecule has 0 N–H and O–H groups in total. The number of likely N-dealkylation sites (N-methyl/N-ethyl adjacent to an activating group) is 1. The highest BCUT2D eigenvalue weighted by atomic mass is 35.5. The summed E-state index contributed by atoms with van der Waals surface area (Å²) in [5.41, 5.74) is 3.71. The minimum atomic E-state index is 0.0213. The lowest BCUT2D eigenvalue weighted by molar-refractivity contribution is -0.119. The van der Waals surface area contributed by atoms with Crippen LogP contribution in [0.1, 0.15) is 18.3 Å². The third-order valence-corrected chi connectivity index (χ3v) is 5.21. The van der Waals surface area contributed by atoms with Crippen LogP contribution in [-0.2, 0) is 11.3 Å². The first-order valence-corrected chi connectivity index (χ1v) is 10.3. The Labute approximate surface area is 181 Å². The van der Waals surface area contributed by atoms with Crippen LogP contribution in [-0.4, -0.2) is 22.0 Å². The van der Waals surface area contributed by atoms with Crippen molar-refractivity contribution in [3.05, 3.63) is 95.3 Å². The maximum Gasteiger partial charge on any atom is 0.246 e. The summed E-state index contributed by atoms with van der Waals surface area (Å²) in [6.45, 7) is 2.80. The summed E-state index contributed by atoms with van der Waals surface area (Å²) >= 11 is 5.98. The first-order chi connectivity index (χ1) is 14.7. The van der Waals surface area contributed by atoms with Crippen molar-refractivity contribution in [2.45, 2.75) is 13.5 Å². The third-order valence-electron chi connectivity index (χ3n) is 4.96. The van der Waals surface area contributed by atoms with Crippen molar-refractivity contribution in [2.75, 3.05) is 11.4 Å². The highest BCUT2D eigenvalue weighted by molar-refractivity contribution is 6.30. The Bertz CT molecular complexity index is 1180. The fraction of sp³-hybridized carbons (Fsp3) is 0.120. The van der Waals surface area contributed by atoms with Crippen LogP contribution < -0.4 is 4.90 Å². The smallest absolute Gasteiger partial charge is 0.246 e. The second-order valence-electron chi connectivity index (χ2n) is 6.90. The van der Waals surface area contributed by atoms with Crippen LogP contribution >= 0.6 is 11.6 Å². The van der Waals surface area contributed by atoms with Crippen molar-refractivity contribution < 1.29 is 4.79 Å². The number of para-hydroxylation sites is 3. The number of rotatable bonds is 6. The molecule has 0 saturated carbocycles. The van der Waals surface area contributed by atoms with E-state index in [1.54, 1.807) is 4.90 Å². The minimum absolute atomic E-state index is 0.0213. The number of benzene rings is 3. The summed E-state index contributed by atoms with van der Waals surface area (Å²) in [5.74, 6) is 0.761. The van der Waals surface area contributed by atoms with Crippen LogP contribution in [0.15, 0.2) is 78.9 Å². The van der Waals surface area contributed by atoms with Crippen molar-refractivity contribution in [2.24, 2.45) is 0 Å². The highest BCUT2D eigenvalue weighted by Crippen LogP contribution is 2.20. The number of aromatic nitrogens is 2. The van der Waals surface area contributed by atoms with Crippen LogP contribution in [0.3, 0.4) is 0 Å². The van der Waals surface area contributed by atoms with Crippen molar-refractivity contribution >= 4 is 46.4 Å². The molecule has 0 atom stereocenters. The maximum absolute atomic E-state index is 13.2. The van der Waals surface area contributed by atoms with Crippen LogP contribution in [0, 0.1) is 0 Å². The Morgan fingerprint density at radius 2 is 1.67 bits per heavy atom. The predicted octanol–water partition coefficient (Wildman–Crippen LogP) is 5.91. The number of carbonyl (C=O) groups is 1. The van der Waals surface area contributed by atoms with Gasteiger partial charge in [-0.25, -0.2) is 4.98 Å². The Kier molecular flexibility index (Phi) is 5.96. The molecule has 0 aliphatic heterocycles. The van der Waals surface area contributed by atoms with Crippen molar-refractivity contribution in [3.8, 4) is 0 Å². The number of halogens is 1. The van der Waals surface area contributed by atoms with E-state index in [0.29, 0.717) is 11.6 Å². The van der Waals surface area contributed by atoms with Gasteiger partial charge in [0, 0.05) is 17.3 Å². The van der Waals surface area contributed by atoms with E-state index in [4.69, 9.17) is 16.6 Å². The molecule has 4 aromatic rings. The standard InChI is InChI=1S/C25H22ClN3O/c1-2-28(21-8-4-3-5-9-21)25(30)18-29-23-11-7-6-10-22(23)27-24(29)17-14-19-12-15-20(26)16-13-19/h3-17H,2,18H2,1H3/b17-14+. The molecular weight excluding hydrogens is 394 g/mol. The van der Waals surface area contributed by atoms with Gasteiger partial charge < -0.3 is 9.47 Å². The van der Waals surface area contributed by atoms with Gasteiger partial charge in [-0.1, -0.05) is 60.1 Å². The van der Waals surface area contributed by atoms with Gasteiger partial charge in [-0.2, -0.15) is 0 Å². The number of fused-ring (bicyclic) bond motifs is 1. The summed E-state index contributed by atoms with van der Waals surface area (Å²) in [5, 5.41) is 0.700. The lowest BCUT2D eigenvalue weighted by atomic mass is 10.2. The van der Waals surface area contributed by atoms with Crippen LogP contribution in [0.25, 0.3) is 23.2 Å². The topological polar surface area (TPSA) is 38.1 Å². The van der Waals surface area contributed by atoms with E-state index in [1.165, 1.54) is 0 Å². The number of hydrogen-bond donors (Lipinski definition) is 0. The normalized spacial score (nSPS) is 11.3. The van der Waals surface area contributed by atoms with Crippen LogP contribution in [0.4, 0.5) is 5.69 Å². The lowest BCUT2D eigenvalue weighted by Crippen LogP contribution is -2.33. The van der Waals surface area contributed by atoms with Gasteiger partial charge in [0.05, 0.1) is 11.0 Å². The lowest BCUT2D eigenvalue weighted by Gasteiger charge is -2.21. The van der Waals surface area contributed by atoms with E-state index in [-0.39, 0.29) is 12.5 Å². The van der Waals surface area contributed by atoms with E-state index in [9.17, 15) is 4.79 Å². The number of carbonyl (C=O) groups excluding carboxylic acids is 1. The first-order valence-electron chi connectivity index (χ1n) is 9.90. The number of hydrogen-bond acceptors (Lipinski definition) is 2. The molecule has 0 fully saturated rings.